The van der Waals surface area contributed by atoms with Crippen molar-refractivity contribution in [1.82, 2.24) is 4.98 Å². The lowest BCUT2D eigenvalue weighted by Crippen LogP contribution is -2.38. The standard InChI is InChI=1S/C11H11F5N2/c12-10(13)7-3-4-17-8(5-7)18-9(6-1-2-6)11(14,15)16/h3-6,9-10H,1-2H2,(H,17,18)/t9-/m0/s1. The molecule has 1 aliphatic carbocycles. The minimum Gasteiger partial charge on any atom is -0.358 e. The number of rotatable bonds is 4. The summed E-state index contributed by atoms with van der Waals surface area (Å²) in [5.41, 5.74) is -0.343. The number of nitrogens with one attached hydrogen (secondary N) is 1. The normalized spacial score (nSPS) is 17.9. The monoisotopic (exact) mass is 266 g/mol. The quantitative estimate of drug-likeness (QED) is 0.839. The number of pyridine rings is 1. The summed E-state index contributed by atoms with van der Waals surface area (Å²) in [5.74, 6) is -0.649. The number of anilines is 1. The molecular formula is C11H11F5N2. The van der Waals surface area contributed by atoms with Crippen molar-refractivity contribution >= 4 is 5.82 Å². The molecule has 0 unspecified atom stereocenters. The van der Waals surface area contributed by atoms with Gasteiger partial charge in [0.05, 0.1) is 0 Å². The Morgan fingerprint density at radius 3 is 2.44 bits per heavy atom. The van der Waals surface area contributed by atoms with Gasteiger partial charge in [-0.25, -0.2) is 13.8 Å². The Labute approximate surface area is 100 Å². The van der Waals surface area contributed by atoms with Crippen LogP contribution >= 0.6 is 0 Å². The topological polar surface area (TPSA) is 24.9 Å². The summed E-state index contributed by atoms with van der Waals surface area (Å²) >= 11 is 0. The molecule has 1 aromatic rings. The maximum absolute atomic E-state index is 12.7. The van der Waals surface area contributed by atoms with Crippen molar-refractivity contribution in [3.63, 3.8) is 0 Å². The first-order valence-electron chi connectivity index (χ1n) is 5.45. The number of aromatic nitrogens is 1. The summed E-state index contributed by atoms with van der Waals surface area (Å²) in [5, 5.41) is 2.21. The Bertz CT molecular complexity index is 414. The van der Waals surface area contributed by atoms with Crippen LogP contribution in [0.3, 0.4) is 0 Å². The Balaban J connectivity index is 2.14. The molecule has 1 fully saturated rings. The maximum atomic E-state index is 12.7. The van der Waals surface area contributed by atoms with Crippen LogP contribution < -0.4 is 5.32 Å². The highest BCUT2D eigenvalue weighted by Gasteiger charge is 2.49. The van der Waals surface area contributed by atoms with E-state index < -0.39 is 24.6 Å². The first-order chi connectivity index (χ1) is 8.38. The molecule has 1 aliphatic rings. The van der Waals surface area contributed by atoms with Crippen LogP contribution in [0.4, 0.5) is 27.8 Å². The molecule has 0 spiro atoms. The molecular weight excluding hydrogens is 255 g/mol. The van der Waals surface area contributed by atoms with Crippen LogP contribution in [0.15, 0.2) is 18.3 Å². The van der Waals surface area contributed by atoms with Gasteiger partial charge in [0, 0.05) is 11.8 Å². The van der Waals surface area contributed by atoms with E-state index in [1.165, 1.54) is 0 Å². The van der Waals surface area contributed by atoms with Gasteiger partial charge in [-0.3, -0.25) is 0 Å². The molecule has 0 amide bonds. The fraction of sp³-hybridized carbons (Fsp3) is 0.545. The van der Waals surface area contributed by atoms with Crippen molar-refractivity contribution in [2.45, 2.75) is 31.5 Å². The van der Waals surface area contributed by atoms with Crippen LogP contribution in [-0.2, 0) is 0 Å². The molecule has 0 aliphatic heterocycles. The molecule has 1 N–H and O–H groups in total. The van der Waals surface area contributed by atoms with Gasteiger partial charge < -0.3 is 5.32 Å². The molecule has 0 bridgehead atoms. The fourth-order valence-corrected chi connectivity index (χ4v) is 1.72. The van der Waals surface area contributed by atoms with Crippen LogP contribution in [0.25, 0.3) is 0 Å². The number of hydrogen-bond acceptors (Lipinski definition) is 2. The third kappa shape index (κ3) is 3.08. The fourth-order valence-electron chi connectivity index (χ4n) is 1.72. The van der Waals surface area contributed by atoms with E-state index in [0.29, 0.717) is 12.8 Å². The SMILES string of the molecule is FC(F)c1ccnc(N[C@@H](C2CC2)C(F)(F)F)c1. The first kappa shape index (κ1) is 13.0. The van der Waals surface area contributed by atoms with Gasteiger partial charge in [0.15, 0.2) is 0 Å². The molecule has 1 saturated carbocycles. The first-order valence-corrected chi connectivity index (χ1v) is 5.45. The minimum absolute atomic E-state index is 0.165. The zero-order valence-electron chi connectivity index (χ0n) is 9.22. The van der Waals surface area contributed by atoms with E-state index in [-0.39, 0.29) is 11.4 Å². The van der Waals surface area contributed by atoms with Crippen molar-refractivity contribution < 1.29 is 22.0 Å². The predicted octanol–water partition coefficient (Wildman–Crippen LogP) is 3.77. The van der Waals surface area contributed by atoms with Gasteiger partial charge in [0.1, 0.15) is 11.9 Å². The lowest BCUT2D eigenvalue weighted by atomic mass is 10.1. The molecule has 18 heavy (non-hydrogen) atoms. The molecule has 1 atom stereocenters. The molecule has 0 radical (unpaired) electrons. The lowest BCUT2D eigenvalue weighted by Gasteiger charge is -2.22. The van der Waals surface area contributed by atoms with Crippen molar-refractivity contribution in [2.75, 3.05) is 5.32 Å². The third-order valence-corrected chi connectivity index (χ3v) is 2.79. The molecule has 1 aromatic heterocycles. The second kappa shape index (κ2) is 4.70. The lowest BCUT2D eigenvalue weighted by molar-refractivity contribution is -0.146. The van der Waals surface area contributed by atoms with E-state index in [1.54, 1.807) is 0 Å². The largest absolute Gasteiger partial charge is 0.408 e. The smallest absolute Gasteiger partial charge is 0.358 e. The van der Waals surface area contributed by atoms with Crippen LogP contribution in [-0.4, -0.2) is 17.2 Å². The average molecular weight is 266 g/mol. The van der Waals surface area contributed by atoms with Gasteiger partial charge in [0.25, 0.3) is 6.43 Å². The van der Waals surface area contributed by atoms with Crippen LogP contribution in [0.1, 0.15) is 24.8 Å². The minimum atomic E-state index is -4.40. The molecule has 1 heterocycles. The van der Waals surface area contributed by atoms with E-state index in [0.717, 1.165) is 18.3 Å². The van der Waals surface area contributed by atoms with Crippen molar-refractivity contribution in [3.8, 4) is 0 Å². The molecule has 7 heteroatoms. The zero-order chi connectivity index (χ0) is 13.3. The number of nitrogens with zero attached hydrogens (tertiary/aromatic N) is 1. The van der Waals surface area contributed by atoms with Gasteiger partial charge in [-0.1, -0.05) is 0 Å². The summed E-state index contributed by atoms with van der Waals surface area (Å²) < 4.78 is 63.0. The number of alkyl halides is 5. The second-order valence-corrected chi connectivity index (χ2v) is 4.28. The highest BCUT2D eigenvalue weighted by atomic mass is 19.4. The Hall–Kier alpha value is -1.40. The molecule has 0 saturated heterocycles. The second-order valence-electron chi connectivity index (χ2n) is 4.28. The summed E-state index contributed by atoms with van der Waals surface area (Å²) in [6, 6.07) is 0.319. The number of halogens is 5. The number of hydrogen-bond donors (Lipinski definition) is 1. The van der Waals surface area contributed by atoms with Crippen LogP contribution in [0.2, 0.25) is 0 Å². The van der Waals surface area contributed by atoms with Crippen molar-refractivity contribution in [2.24, 2.45) is 5.92 Å². The van der Waals surface area contributed by atoms with E-state index in [2.05, 4.69) is 10.3 Å². The van der Waals surface area contributed by atoms with E-state index >= 15 is 0 Å². The van der Waals surface area contributed by atoms with E-state index in [9.17, 15) is 22.0 Å². The Morgan fingerprint density at radius 2 is 1.94 bits per heavy atom. The van der Waals surface area contributed by atoms with Crippen molar-refractivity contribution in [3.05, 3.63) is 23.9 Å². The average Bonchev–Trinajstić information content (AvgIpc) is 3.08. The van der Waals surface area contributed by atoms with Gasteiger partial charge in [-0.15, -0.1) is 0 Å². The highest BCUT2D eigenvalue weighted by Crippen LogP contribution is 2.41. The molecule has 2 nitrogen and oxygen atoms in total. The third-order valence-electron chi connectivity index (χ3n) is 2.79. The van der Waals surface area contributed by atoms with Crippen LogP contribution in [0.5, 0.6) is 0 Å². The maximum Gasteiger partial charge on any atom is 0.408 e. The Kier molecular flexibility index (Phi) is 3.41. The zero-order valence-corrected chi connectivity index (χ0v) is 9.22. The van der Waals surface area contributed by atoms with Gasteiger partial charge >= 0.3 is 6.18 Å². The molecule has 0 aromatic carbocycles. The highest BCUT2D eigenvalue weighted by molar-refractivity contribution is 5.40. The van der Waals surface area contributed by atoms with E-state index in [4.69, 9.17) is 0 Å². The van der Waals surface area contributed by atoms with Crippen molar-refractivity contribution in [1.29, 1.82) is 0 Å². The summed E-state index contributed by atoms with van der Waals surface area (Å²) in [7, 11) is 0. The van der Waals surface area contributed by atoms with Crippen LogP contribution in [0, 0.1) is 5.92 Å². The van der Waals surface area contributed by atoms with E-state index in [1.807, 2.05) is 0 Å². The van der Waals surface area contributed by atoms with Gasteiger partial charge in [-0.2, -0.15) is 13.2 Å². The molecule has 2 rings (SSSR count). The Morgan fingerprint density at radius 1 is 1.28 bits per heavy atom. The summed E-state index contributed by atoms with van der Waals surface area (Å²) in [4.78, 5) is 3.64. The summed E-state index contributed by atoms with van der Waals surface area (Å²) in [6.07, 6.45) is -5.07. The predicted molar refractivity (Wildman–Crippen MR) is 55.4 cm³/mol. The molecule has 100 valence electrons. The van der Waals surface area contributed by atoms with Gasteiger partial charge in [-0.05, 0) is 30.9 Å². The summed E-state index contributed by atoms with van der Waals surface area (Å²) in [6.45, 7) is 0. The van der Waals surface area contributed by atoms with Gasteiger partial charge in [0.2, 0.25) is 0 Å².